The van der Waals surface area contributed by atoms with Gasteiger partial charge in [-0.15, -0.1) is 11.3 Å². The van der Waals surface area contributed by atoms with Crippen molar-refractivity contribution in [2.45, 2.75) is 38.0 Å². The maximum Gasteiger partial charge on any atom is 0.240 e. The Morgan fingerprint density at radius 3 is 2.68 bits per heavy atom. The second-order valence-electron chi connectivity index (χ2n) is 8.28. The fraction of sp³-hybridized carbons (Fsp3) is 0.435. The second-order valence-corrected chi connectivity index (χ2v) is 11.0. The SMILES string of the molecule is Cc1cc(-c2ccc(C)c(S(=O)(=O)NCC3CCN(CCc4cccs4)CC3)c2)on1. The number of nitrogens with one attached hydrogen (secondary N) is 1. The fourth-order valence-electron chi connectivity index (χ4n) is 3.99. The third-order valence-corrected chi connectivity index (χ3v) is 8.42. The van der Waals surface area contributed by atoms with Crippen molar-refractivity contribution < 1.29 is 12.9 Å². The zero-order chi connectivity index (χ0) is 21.8. The van der Waals surface area contributed by atoms with Crippen molar-refractivity contribution in [1.29, 1.82) is 0 Å². The summed E-state index contributed by atoms with van der Waals surface area (Å²) >= 11 is 1.81. The lowest BCUT2D eigenvalue weighted by Crippen LogP contribution is -2.39. The van der Waals surface area contributed by atoms with Gasteiger partial charge in [-0.05, 0) is 75.2 Å². The lowest BCUT2D eigenvalue weighted by Gasteiger charge is -2.31. The highest BCUT2D eigenvalue weighted by atomic mass is 32.2. The average molecular weight is 460 g/mol. The quantitative estimate of drug-likeness (QED) is 0.545. The fourth-order valence-corrected chi connectivity index (χ4v) is 6.07. The molecule has 0 saturated carbocycles. The smallest absolute Gasteiger partial charge is 0.240 e. The molecule has 0 radical (unpaired) electrons. The van der Waals surface area contributed by atoms with Gasteiger partial charge < -0.3 is 9.42 Å². The summed E-state index contributed by atoms with van der Waals surface area (Å²) in [6, 6.07) is 11.4. The van der Waals surface area contributed by atoms with E-state index < -0.39 is 10.0 Å². The van der Waals surface area contributed by atoms with Crippen LogP contribution in [0.2, 0.25) is 0 Å². The molecule has 4 rings (SSSR count). The highest BCUT2D eigenvalue weighted by molar-refractivity contribution is 7.89. The van der Waals surface area contributed by atoms with Crippen molar-refractivity contribution in [3.05, 3.63) is 57.9 Å². The van der Waals surface area contributed by atoms with Crippen LogP contribution < -0.4 is 4.72 Å². The van der Waals surface area contributed by atoms with Gasteiger partial charge in [0.05, 0.1) is 10.6 Å². The van der Waals surface area contributed by atoms with Gasteiger partial charge in [-0.3, -0.25) is 0 Å². The molecular weight excluding hydrogens is 430 g/mol. The third-order valence-electron chi connectivity index (χ3n) is 5.91. The average Bonchev–Trinajstić information content (AvgIpc) is 3.43. The first kappa shape index (κ1) is 22.2. The summed E-state index contributed by atoms with van der Waals surface area (Å²) in [5, 5.41) is 6.02. The lowest BCUT2D eigenvalue weighted by molar-refractivity contribution is 0.187. The second kappa shape index (κ2) is 9.65. The molecule has 0 atom stereocenters. The molecular formula is C23H29N3O3S2. The van der Waals surface area contributed by atoms with Crippen molar-refractivity contribution in [1.82, 2.24) is 14.8 Å². The molecule has 1 aliphatic heterocycles. The Morgan fingerprint density at radius 2 is 2.00 bits per heavy atom. The standard InChI is InChI=1S/C23H29N3O3S2/c1-17-5-6-20(22-14-18(2)25-29-22)15-23(17)31(27,28)24-16-19-7-10-26(11-8-19)12-9-21-4-3-13-30-21/h3-6,13-15,19,24H,7-12,16H2,1-2H3. The number of benzene rings is 1. The van der Waals surface area contributed by atoms with E-state index in [1.165, 1.54) is 4.88 Å². The van der Waals surface area contributed by atoms with E-state index in [0.717, 1.165) is 50.2 Å². The highest BCUT2D eigenvalue weighted by Gasteiger charge is 2.23. The van der Waals surface area contributed by atoms with Crippen LogP contribution in [0.25, 0.3) is 11.3 Å². The molecule has 3 aromatic rings. The number of aromatic nitrogens is 1. The first-order chi connectivity index (χ1) is 14.9. The Hall–Kier alpha value is -2.00. The maximum atomic E-state index is 13.0. The minimum Gasteiger partial charge on any atom is -0.356 e. The number of likely N-dealkylation sites (tertiary alicyclic amines) is 1. The van der Waals surface area contributed by atoms with E-state index in [1.807, 2.05) is 37.3 Å². The summed E-state index contributed by atoms with van der Waals surface area (Å²) in [6.45, 7) is 7.26. The molecule has 1 N–H and O–H groups in total. The summed E-state index contributed by atoms with van der Waals surface area (Å²) in [5.74, 6) is 0.942. The van der Waals surface area contributed by atoms with Crippen molar-refractivity contribution in [2.75, 3.05) is 26.2 Å². The van der Waals surface area contributed by atoms with E-state index in [2.05, 4.69) is 32.3 Å². The number of sulfonamides is 1. The molecule has 8 heteroatoms. The van der Waals surface area contributed by atoms with Crippen LogP contribution in [0.1, 0.15) is 29.0 Å². The summed E-state index contributed by atoms with van der Waals surface area (Å²) in [4.78, 5) is 4.21. The summed E-state index contributed by atoms with van der Waals surface area (Å²) in [6.07, 6.45) is 3.13. The van der Waals surface area contributed by atoms with Crippen molar-refractivity contribution in [2.24, 2.45) is 5.92 Å². The molecule has 166 valence electrons. The molecule has 0 bridgehead atoms. The van der Waals surface area contributed by atoms with E-state index in [9.17, 15) is 8.42 Å². The predicted octanol–water partition coefficient (Wildman–Crippen LogP) is 4.25. The number of nitrogens with zero attached hydrogens (tertiary/aromatic N) is 2. The van der Waals surface area contributed by atoms with Gasteiger partial charge in [0.25, 0.3) is 0 Å². The van der Waals surface area contributed by atoms with E-state index in [0.29, 0.717) is 28.7 Å². The van der Waals surface area contributed by atoms with Crippen molar-refractivity contribution in [3.8, 4) is 11.3 Å². The van der Waals surface area contributed by atoms with Gasteiger partial charge >= 0.3 is 0 Å². The molecule has 0 aliphatic carbocycles. The molecule has 31 heavy (non-hydrogen) atoms. The van der Waals surface area contributed by atoms with Gasteiger partial charge in [0.2, 0.25) is 10.0 Å². The Balaban J connectivity index is 1.32. The molecule has 0 unspecified atom stereocenters. The monoisotopic (exact) mass is 459 g/mol. The molecule has 6 nitrogen and oxygen atoms in total. The van der Waals surface area contributed by atoms with Gasteiger partial charge in [-0.1, -0.05) is 23.4 Å². The number of thiophene rings is 1. The summed E-state index contributed by atoms with van der Waals surface area (Å²) in [7, 11) is -3.59. The van der Waals surface area contributed by atoms with E-state index in [4.69, 9.17) is 4.52 Å². The van der Waals surface area contributed by atoms with Crippen LogP contribution in [0, 0.1) is 19.8 Å². The normalized spacial score (nSPS) is 16.1. The molecule has 0 spiro atoms. The topological polar surface area (TPSA) is 75.4 Å². The van der Waals surface area contributed by atoms with Gasteiger partial charge in [-0.2, -0.15) is 0 Å². The predicted molar refractivity (Wildman–Crippen MR) is 124 cm³/mol. The molecule has 3 heterocycles. The van der Waals surface area contributed by atoms with E-state index in [1.54, 1.807) is 12.1 Å². The maximum absolute atomic E-state index is 13.0. The minimum absolute atomic E-state index is 0.299. The molecule has 1 saturated heterocycles. The van der Waals surface area contributed by atoms with Gasteiger partial charge in [0.15, 0.2) is 5.76 Å². The Morgan fingerprint density at radius 1 is 1.19 bits per heavy atom. The molecule has 1 aromatic carbocycles. The van der Waals surface area contributed by atoms with Gasteiger partial charge in [0.1, 0.15) is 0 Å². The number of aryl methyl sites for hydroxylation is 2. The van der Waals surface area contributed by atoms with Crippen LogP contribution in [0.4, 0.5) is 0 Å². The number of piperidine rings is 1. The van der Waals surface area contributed by atoms with Crippen LogP contribution in [0.5, 0.6) is 0 Å². The van der Waals surface area contributed by atoms with Crippen LogP contribution >= 0.6 is 11.3 Å². The number of hydrogen-bond donors (Lipinski definition) is 1. The number of rotatable bonds is 8. The largest absolute Gasteiger partial charge is 0.356 e. The van der Waals surface area contributed by atoms with Crippen LogP contribution in [0.3, 0.4) is 0 Å². The van der Waals surface area contributed by atoms with Gasteiger partial charge in [-0.25, -0.2) is 13.1 Å². The third kappa shape index (κ3) is 5.63. The zero-order valence-corrected chi connectivity index (χ0v) is 19.6. The first-order valence-corrected chi connectivity index (χ1v) is 13.1. The molecule has 1 aliphatic rings. The van der Waals surface area contributed by atoms with Crippen molar-refractivity contribution in [3.63, 3.8) is 0 Å². The zero-order valence-electron chi connectivity index (χ0n) is 18.0. The van der Waals surface area contributed by atoms with E-state index in [-0.39, 0.29) is 0 Å². The lowest BCUT2D eigenvalue weighted by atomic mass is 9.97. The Labute approximate surface area is 188 Å². The van der Waals surface area contributed by atoms with Crippen LogP contribution in [0.15, 0.2) is 51.2 Å². The summed E-state index contributed by atoms with van der Waals surface area (Å²) in [5.41, 5.74) is 2.20. The molecule has 0 amide bonds. The Bertz CT molecular complexity index is 1100. The molecule has 2 aromatic heterocycles. The molecule has 1 fully saturated rings. The van der Waals surface area contributed by atoms with Gasteiger partial charge in [0, 0.05) is 29.6 Å². The first-order valence-electron chi connectivity index (χ1n) is 10.7. The minimum atomic E-state index is -3.59. The Kier molecular flexibility index (Phi) is 6.91. The van der Waals surface area contributed by atoms with E-state index >= 15 is 0 Å². The van der Waals surface area contributed by atoms with Crippen LogP contribution in [-0.2, 0) is 16.4 Å². The highest BCUT2D eigenvalue weighted by Crippen LogP contribution is 2.26. The summed E-state index contributed by atoms with van der Waals surface area (Å²) < 4.78 is 34.2. The van der Waals surface area contributed by atoms with Crippen molar-refractivity contribution >= 4 is 21.4 Å². The van der Waals surface area contributed by atoms with Crippen LogP contribution in [-0.4, -0.2) is 44.7 Å². The number of hydrogen-bond acceptors (Lipinski definition) is 6.